The minimum atomic E-state index is -0.638. The second-order valence-electron chi connectivity index (χ2n) is 3.88. The number of amides is 1. The lowest BCUT2D eigenvalue weighted by Crippen LogP contribution is -2.24. The third-order valence-electron chi connectivity index (χ3n) is 2.60. The van der Waals surface area contributed by atoms with Crippen LogP contribution in [0.2, 0.25) is 0 Å². The van der Waals surface area contributed by atoms with Crippen LogP contribution in [0, 0.1) is 0 Å². The van der Waals surface area contributed by atoms with Crippen LogP contribution in [0.3, 0.4) is 0 Å². The van der Waals surface area contributed by atoms with Crippen molar-refractivity contribution in [1.82, 2.24) is 15.5 Å². The summed E-state index contributed by atoms with van der Waals surface area (Å²) in [6.07, 6.45) is 0.761. The number of benzene rings is 1. The highest BCUT2D eigenvalue weighted by Gasteiger charge is 2.11. The number of rotatable bonds is 4. The van der Waals surface area contributed by atoms with Gasteiger partial charge in [-0.1, -0.05) is 34.1 Å². The van der Waals surface area contributed by atoms with E-state index in [2.05, 4.69) is 35.9 Å². The summed E-state index contributed by atoms with van der Waals surface area (Å²) in [5.41, 5.74) is 1.55. The molecule has 19 heavy (non-hydrogen) atoms. The maximum Gasteiger partial charge on any atom is 0.438 e. The highest BCUT2D eigenvalue weighted by Crippen LogP contribution is 2.17. The van der Waals surface area contributed by atoms with Gasteiger partial charge in [-0.05, 0) is 24.1 Å². The van der Waals surface area contributed by atoms with Gasteiger partial charge >= 0.3 is 5.76 Å². The predicted molar refractivity (Wildman–Crippen MR) is 71.8 cm³/mol. The Labute approximate surface area is 117 Å². The van der Waals surface area contributed by atoms with Crippen molar-refractivity contribution in [3.05, 3.63) is 50.2 Å². The van der Waals surface area contributed by atoms with Crippen molar-refractivity contribution in [2.24, 2.45) is 0 Å². The molecule has 0 unspecified atom stereocenters. The summed E-state index contributed by atoms with van der Waals surface area (Å²) in [5.74, 6) is -0.575. The lowest BCUT2D eigenvalue weighted by Gasteiger charge is -2.08. The Balaban J connectivity index is 2.11. The molecule has 2 aromatic rings. The molecule has 0 aliphatic heterocycles. The van der Waals surface area contributed by atoms with Crippen molar-refractivity contribution in [2.45, 2.75) is 19.9 Å². The molecule has 7 heteroatoms. The molecule has 1 aromatic heterocycles. The van der Waals surface area contributed by atoms with E-state index >= 15 is 0 Å². The van der Waals surface area contributed by atoms with Gasteiger partial charge < -0.3 is 5.32 Å². The lowest BCUT2D eigenvalue weighted by molar-refractivity contribution is 0.0948. The van der Waals surface area contributed by atoms with Crippen LogP contribution in [0.1, 0.15) is 28.7 Å². The van der Waals surface area contributed by atoms with Gasteiger partial charge in [0.25, 0.3) is 5.91 Å². The zero-order chi connectivity index (χ0) is 13.8. The number of aromatic amines is 1. The second-order valence-corrected chi connectivity index (χ2v) is 4.80. The molecule has 2 N–H and O–H groups in total. The maximum atomic E-state index is 12.1. The molecule has 0 saturated carbocycles. The minimum absolute atomic E-state index is 0.111. The first kappa shape index (κ1) is 13.5. The topological polar surface area (TPSA) is 88.0 Å². The SMILES string of the molecule is CCc1ccc(Br)cc1C(=O)NCc1noc(=O)[nH]1. The molecule has 0 bridgehead atoms. The van der Waals surface area contributed by atoms with Crippen LogP contribution in [0.15, 0.2) is 32.0 Å². The van der Waals surface area contributed by atoms with Crippen LogP contribution in [-0.4, -0.2) is 16.0 Å². The Kier molecular flexibility index (Phi) is 4.16. The van der Waals surface area contributed by atoms with E-state index in [-0.39, 0.29) is 18.3 Å². The van der Waals surface area contributed by atoms with E-state index in [1.165, 1.54) is 0 Å². The summed E-state index contributed by atoms with van der Waals surface area (Å²) in [5, 5.41) is 6.15. The van der Waals surface area contributed by atoms with Gasteiger partial charge in [-0.15, -0.1) is 0 Å². The first-order valence-electron chi connectivity index (χ1n) is 5.71. The molecule has 6 nitrogen and oxygen atoms in total. The van der Waals surface area contributed by atoms with Crippen molar-refractivity contribution in [2.75, 3.05) is 0 Å². The van der Waals surface area contributed by atoms with Crippen LogP contribution >= 0.6 is 15.9 Å². The Bertz CT molecular complexity index is 648. The Morgan fingerprint density at radius 3 is 2.95 bits per heavy atom. The van der Waals surface area contributed by atoms with Gasteiger partial charge in [0.05, 0.1) is 6.54 Å². The summed E-state index contributed by atoms with van der Waals surface area (Å²) in [6, 6.07) is 5.56. The maximum absolute atomic E-state index is 12.1. The molecule has 0 saturated heterocycles. The van der Waals surface area contributed by atoms with Gasteiger partial charge in [0.2, 0.25) is 0 Å². The summed E-state index contributed by atoms with van der Waals surface area (Å²) >= 11 is 3.34. The largest absolute Gasteiger partial charge is 0.438 e. The molecule has 0 spiro atoms. The monoisotopic (exact) mass is 325 g/mol. The standard InChI is InChI=1S/C12H12BrN3O3/c1-2-7-3-4-8(13)5-9(7)11(17)14-6-10-15-12(18)19-16-10/h3-5H,2,6H2,1H3,(H,14,17)(H,15,16,18). The van der Waals surface area contributed by atoms with E-state index in [0.717, 1.165) is 16.5 Å². The van der Waals surface area contributed by atoms with Crippen molar-refractivity contribution < 1.29 is 9.32 Å². The van der Waals surface area contributed by atoms with E-state index in [0.29, 0.717) is 5.56 Å². The number of halogens is 1. The first-order chi connectivity index (χ1) is 9.10. The molecule has 1 aromatic carbocycles. The molecule has 2 rings (SSSR count). The van der Waals surface area contributed by atoms with Gasteiger partial charge in [0.15, 0.2) is 5.82 Å². The highest BCUT2D eigenvalue weighted by molar-refractivity contribution is 9.10. The number of hydrogen-bond acceptors (Lipinski definition) is 4. The molecular formula is C12H12BrN3O3. The summed E-state index contributed by atoms with van der Waals surface area (Å²) in [6.45, 7) is 2.09. The molecule has 0 atom stereocenters. The number of carbonyl (C=O) groups is 1. The molecule has 100 valence electrons. The number of H-pyrrole nitrogens is 1. The lowest BCUT2D eigenvalue weighted by atomic mass is 10.0. The third-order valence-corrected chi connectivity index (χ3v) is 3.09. The van der Waals surface area contributed by atoms with E-state index in [1.54, 1.807) is 6.07 Å². The van der Waals surface area contributed by atoms with Gasteiger partial charge in [0.1, 0.15) is 0 Å². The van der Waals surface area contributed by atoms with Crippen molar-refractivity contribution >= 4 is 21.8 Å². The molecule has 0 fully saturated rings. The van der Waals surface area contributed by atoms with E-state index < -0.39 is 5.76 Å². The summed E-state index contributed by atoms with van der Waals surface area (Å²) in [4.78, 5) is 25.2. The third kappa shape index (κ3) is 3.31. The zero-order valence-electron chi connectivity index (χ0n) is 10.2. The fraction of sp³-hybridized carbons (Fsp3) is 0.250. The first-order valence-corrected chi connectivity index (χ1v) is 6.51. The molecule has 1 heterocycles. The van der Waals surface area contributed by atoms with Crippen LogP contribution in [0.4, 0.5) is 0 Å². The average molecular weight is 326 g/mol. The van der Waals surface area contributed by atoms with Gasteiger partial charge in [-0.25, -0.2) is 4.79 Å². The average Bonchev–Trinajstić information content (AvgIpc) is 2.81. The number of carbonyl (C=O) groups excluding carboxylic acids is 1. The van der Waals surface area contributed by atoms with Crippen LogP contribution < -0.4 is 11.1 Å². The van der Waals surface area contributed by atoms with Gasteiger partial charge in [0, 0.05) is 10.0 Å². The van der Waals surface area contributed by atoms with E-state index in [9.17, 15) is 9.59 Å². The summed E-state index contributed by atoms with van der Waals surface area (Å²) in [7, 11) is 0. The van der Waals surface area contributed by atoms with Crippen LogP contribution in [0.5, 0.6) is 0 Å². The van der Waals surface area contributed by atoms with E-state index in [1.807, 2.05) is 19.1 Å². The number of nitrogens with zero attached hydrogens (tertiary/aromatic N) is 1. The number of aryl methyl sites for hydroxylation is 1. The molecule has 0 radical (unpaired) electrons. The van der Waals surface area contributed by atoms with E-state index in [4.69, 9.17) is 0 Å². The number of aromatic nitrogens is 2. The predicted octanol–water partition coefficient (Wildman–Crippen LogP) is 1.62. The van der Waals surface area contributed by atoms with Crippen molar-refractivity contribution in [3.63, 3.8) is 0 Å². The van der Waals surface area contributed by atoms with Gasteiger partial charge in [-0.2, -0.15) is 0 Å². The Hall–Kier alpha value is -1.89. The zero-order valence-corrected chi connectivity index (χ0v) is 11.8. The molecule has 0 aliphatic rings. The normalized spacial score (nSPS) is 10.4. The Morgan fingerprint density at radius 1 is 1.53 bits per heavy atom. The number of hydrogen-bond donors (Lipinski definition) is 2. The minimum Gasteiger partial charge on any atom is -0.345 e. The van der Waals surface area contributed by atoms with Crippen molar-refractivity contribution in [3.8, 4) is 0 Å². The quantitative estimate of drug-likeness (QED) is 0.894. The number of nitrogens with one attached hydrogen (secondary N) is 2. The fourth-order valence-electron chi connectivity index (χ4n) is 1.66. The second kappa shape index (κ2) is 5.83. The molecule has 0 aliphatic carbocycles. The molecular weight excluding hydrogens is 314 g/mol. The van der Waals surface area contributed by atoms with Crippen molar-refractivity contribution in [1.29, 1.82) is 0 Å². The highest BCUT2D eigenvalue weighted by atomic mass is 79.9. The van der Waals surface area contributed by atoms with Gasteiger partial charge in [-0.3, -0.25) is 14.3 Å². The fourth-order valence-corrected chi connectivity index (χ4v) is 2.03. The van der Waals surface area contributed by atoms with Crippen LogP contribution in [0.25, 0.3) is 0 Å². The Morgan fingerprint density at radius 2 is 2.32 bits per heavy atom. The smallest absolute Gasteiger partial charge is 0.345 e. The van der Waals surface area contributed by atoms with Crippen LogP contribution in [-0.2, 0) is 13.0 Å². The molecule has 1 amide bonds. The summed E-state index contributed by atoms with van der Waals surface area (Å²) < 4.78 is 5.18.